The molecular formula is C58H47N. The molecule has 0 radical (unpaired) electrons. The third-order valence-electron chi connectivity index (χ3n) is 14.7. The van der Waals surface area contributed by atoms with Crippen molar-refractivity contribution in [2.75, 3.05) is 4.90 Å². The summed E-state index contributed by atoms with van der Waals surface area (Å²) in [4.78, 5) is 2.49. The molecule has 12 rings (SSSR count). The van der Waals surface area contributed by atoms with Crippen LogP contribution in [0.15, 0.2) is 158 Å². The van der Waals surface area contributed by atoms with Gasteiger partial charge in [0.1, 0.15) is 0 Å². The van der Waals surface area contributed by atoms with Crippen molar-refractivity contribution in [3.63, 3.8) is 0 Å². The van der Waals surface area contributed by atoms with Crippen molar-refractivity contribution in [2.24, 2.45) is 0 Å². The van der Waals surface area contributed by atoms with Crippen LogP contribution in [0.3, 0.4) is 0 Å². The van der Waals surface area contributed by atoms with E-state index in [2.05, 4.69) is 211 Å². The van der Waals surface area contributed by atoms with Gasteiger partial charge in [0.25, 0.3) is 0 Å². The summed E-state index contributed by atoms with van der Waals surface area (Å²) in [5.74, 6) is 0. The summed E-state index contributed by atoms with van der Waals surface area (Å²) in [6, 6.07) is 60.3. The zero-order valence-electron chi connectivity index (χ0n) is 35.0. The van der Waals surface area contributed by atoms with Crippen molar-refractivity contribution in [1.82, 2.24) is 0 Å². The molecule has 0 spiro atoms. The van der Waals surface area contributed by atoms with Gasteiger partial charge >= 0.3 is 0 Å². The summed E-state index contributed by atoms with van der Waals surface area (Å²) in [6.45, 7) is 16.7. The second-order valence-electron chi connectivity index (χ2n) is 19.1. The molecule has 0 saturated carbocycles. The lowest BCUT2D eigenvalue weighted by molar-refractivity contribution is 0.652. The zero-order chi connectivity index (χ0) is 40.2. The lowest BCUT2D eigenvalue weighted by atomic mass is 9.79. The molecule has 284 valence electrons. The minimum atomic E-state index is -0.181. The van der Waals surface area contributed by atoms with Crippen LogP contribution < -0.4 is 4.90 Å². The summed E-state index contributed by atoms with van der Waals surface area (Å²) in [6.07, 6.45) is 0. The highest BCUT2D eigenvalue weighted by Crippen LogP contribution is 2.58. The molecule has 0 fully saturated rings. The molecule has 0 unspecified atom stereocenters. The average Bonchev–Trinajstić information content (AvgIpc) is 3.70. The summed E-state index contributed by atoms with van der Waals surface area (Å²) in [5.41, 5.74) is 21.2. The van der Waals surface area contributed by atoms with Crippen LogP contribution in [-0.4, -0.2) is 0 Å². The Labute approximate surface area is 347 Å². The molecule has 1 heteroatoms. The van der Waals surface area contributed by atoms with E-state index >= 15 is 0 Å². The minimum Gasteiger partial charge on any atom is -0.310 e. The fraction of sp³-hybridized carbons (Fsp3) is 0.172. The fourth-order valence-corrected chi connectivity index (χ4v) is 11.4. The van der Waals surface area contributed by atoms with Gasteiger partial charge in [-0.2, -0.15) is 0 Å². The third kappa shape index (κ3) is 4.62. The van der Waals surface area contributed by atoms with Gasteiger partial charge in [-0.1, -0.05) is 133 Å². The smallest absolute Gasteiger partial charge is 0.0490 e. The zero-order valence-corrected chi connectivity index (χ0v) is 35.0. The van der Waals surface area contributed by atoms with Crippen molar-refractivity contribution in [3.8, 4) is 33.4 Å². The van der Waals surface area contributed by atoms with Gasteiger partial charge in [0.2, 0.25) is 0 Å². The molecule has 0 amide bonds. The topological polar surface area (TPSA) is 3.24 Å². The Balaban J connectivity index is 1.00. The van der Waals surface area contributed by atoms with Crippen molar-refractivity contribution in [3.05, 3.63) is 197 Å². The Hall–Kier alpha value is -6.44. The molecule has 3 aliphatic rings. The lowest BCUT2D eigenvalue weighted by Crippen LogP contribution is -2.17. The van der Waals surface area contributed by atoms with Crippen LogP contribution in [0.25, 0.3) is 65.7 Å². The molecule has 0 aliphatic heterocycles. The van der Waals surface area contributed by atoms with Crippen LogP contribution in [0.4, 0.5) is 17.1 Å². The first-order chi connectivity index (χ1) is 28.4. The largest absolute Gasteiger partial charge is 0.310 e. The van der Waals surface area contributed by atoms with E-state index in [0.717, 1.165) is 0 Å². The second kappa shape index (κ2) is 11.6. The first-order valence-electron chi connectivity index (χ1n) is 21.3. The molecule has 0 atom stereocenters. The number of aryl methyl sites for hydroxylation is 1. The van der Waals surface area contributed by atoms with Gasteiger partial charge in [-0.05, 0) is 178 Å². The maximum atomic E-state index is 2.55. The summed E-state index contributed by atoms with van der Waals surface area (Å²) < 4.78 is 0. The van der Waals surface area contributed by atoms with E-state index in [0.29, 0.717) is 0 Å². The molecular weight excluding hydrogens is 711 g/mol. The Morgan fingerprint density at radius 1 is 0.339 bits per heavy atom. The minimum absolute atomic E-state index is 0.0828. The highest BCUT2D eigenvalue weighted by Gasteiger charge is 2.43. The number of para-hydroxylation sites is 1. The quantitative estimate of drug-likeness (QED) is 0.173. The van der Waals surface area contributed by atoms with Gasteiger partial charge in [-0.3, -0.25) is 0 Å². The number of nitrogens with zero attached hydrogens (tertiary/aromatic N) is 1. The van der Waals surface area contributed by atoms with Gasteiger partial charge in [-0.15, -0.1) is 0 Å². The van der Waals surface area contributed by atoms with Gasteiger partial charge in [0.05, 0.1) is 0 Å². The molecule has 9 aromatic carbocycles. The van der Waals surface area contributed by atoms with Gasteiger partial charge in [-0.25, -0.2) is 0 Å². The van der Waals surface area contributed by atoms with Crippen molar-refractivity contribution in [1.29, 1.82) is 0 Å². The predicted molar refractivity (Wildman–Crippen MR) is 251 cm³/mol. The molecule has 59 heavy (non-hydrogen) atoms. The molecule has 3 aliphatic carbocycles. The third-order valence-corrected chi connectivity index (χ3v) is 14.7. The molecule has 0 N–H and O–H groups in total. The van der Waals surface area contributed by atoms with Crippen molar-refractivity contribution >= 4 is 49.4 Å². The molecule has 1 nitrogen and oxygen atoms in total. The highest BCUT2D eigenvalue weighted by atomic mass is 15.1. The van der Waals surface area contributed by atoms with Crippen LogP contribution in [-0.2, 0) is 16.2 Å². The van der Waals surface area contributed by atoms with E-state index in [1.54, 1.807) is 0 Å². The Kier molecular flexibility index (Phi) is 6.80. The maximum Gasteiger partial charge on any atom is 0.0490 e. The van der Waals surface area contributed by atoms with Crippen LogP contribution in [0, 0.1) is 6.92 Å². The Bertz CT molecular complexity index is 3320. The summed E-state index contributed by atoms with van der Waals surface area (Å²) in [7, 11) is 0. The number of hydrogen-bond donors (Lipinski definition) is 0. The number of hydrogen-bond acceptors (Lipinski definition) is 1. The summed E-state index contributed by atoms with van der Waals surface area (Å²) in [5, 5.41) is 7.80. The van der Waals surface area contributed by atoms with Crippen LogP contribution in [0.1, 0.15) is 80.5 Å². The molecule has 0 bridgehead atoms. The van der Waals surface area contributed by atoms with E-state index in [1.807, 2.05) is 0 Å². The lowest BCUT2D eigenvalue weighted by Gasteiger charge is -2.29. The number of anilines is 3. The van der Waals surface area contributed by atoms with Crippen LogP contribution in [0.2, 0.25) is 0 Å². The number of benzene rings is 9. The average molecular weight is 758 g/mol. The van der Waals surface area contributed by atoms with Crippen LogP contribution >= 0.6 is 0 Å². The molecule has 9 aromatic rings. The second-order valence-corrected chi connectivity index (χ2v) is 19.1. The highest BCUT2D eigenvalue weighted by molar-refractivity contribution is 6.04. The molecule has 0 heterocycles. The van der Waals surface area contributed by atoms with E-state index < -0.39 is 0 Å². The fourth-order valence-electron chi connectivity index (χ4n) is 11.4. The van der Waals surface area contributed by atoms with Gasteiger partial charge < -0.3 is 4.90 Å². The summed E-state index contributed by atoms with van der Waals surface area (Å²) >= 11 is 0. The van der Waals surface area contributed by atoms with E-state index in [4.69, 9.17) is 0 Å². The SMILES string of the molecule is Cc1ccccc1N(c1ccc2c(c1)C(C)(C)c1cc3c(cc1-2)C(C)(C)c1ccc2ccccc2c1-3)c1ccc2cc3c(cc2c1)C(C)(C)c1cc2ccccc2cc1-3. The standard InChI is InChI=1S/C58H47N/c1-34-14-8-13-19-54(34)59(40-22-20-38-28-45-44-27-36-16-9-10-17-37(36)29-49(44)57(4,5)50(45)30-39(38)26-40)41-23-24-43-46-32-53-47(33-52(46)58(6,7)51(43)31-41)55-42-18-12-11-15-35(42)21-25-48(55)56(53,2)3/h8-33H,1-7H3. The molecule has 0 aromatic heterocycles. The Morgan fingerprint density at radius 2 is 0.831 bits per heavy atom. The predicted octanol–water partition coefficient (Wildman–Crippen LogP) is 15.8. The van der Waals surface area contributed by atoms with Gasteiger partial charge in [0, 0.05) is 33.3 Å². The van der Waals surface area contributed by atoms with Crippen molar-refractivity contribution in [2.45, 2.75) is 64.7 Å². The maximum absolute atomic E-state index is 2.55. The first-order valence-corrected chi connectivity index (χ1v) is 21.3. The van der Waals surface area contributed by atoms with E-state index in [9.17, 15) is 0 Å². The Morgan fingerprint density at radius 3 is 1.58 bits per heavy atom. The normalized spacial score (nSPS) is 15.8. The first kappa shape index (κ1) is 34.6. The number of fused-ring (bicyclic) bond motifs is 13. The van der Waals surface area contributed by atoms with Gasteiger partial charge in [0.15, 0.2) is 0 Å². The van der Waals surface area contributed by atoms with Crippen molar-refractivity contribution < 1.29 is 0 Å². The molecule has 0 saturated heterocycles. The van der Waals surface area contributed by atoms with E-state index in [-0.39, 0.29) is 16.2 Å². The van der Waals surface area contributed by atoms with Crippen LogP contribution in [0.5, 0.6) is 0 Å². The van der Waals surface area contributed by atoms with E-state index in [1.165, 1.54) is 122 Å². The monoisotopic (exact) mass is 757 g/mol. The number of rotatable bonds is 3.